The van der Waals surface area contributed by atoms with Gasteiger partial charge in [0.15, 0.2) is 0 Å². The molecule has 0 fully saturated rings. The molecule has 1 N–H and O–H groups in total. The van der Waals surface area contributed by atoms with E-state index in [9.17, 15) is 4.79 Å². The van der Waals surface area contributed by atoms with Crippen LogP contribution < -0.4 is 0 Å². The van der Waals surface area contributed by atoms with Crippen LogP contribution in [-0.4, -0.2) is 16.1 Å². The molecular formula is C5H5NO2S. The fourth-order valence-corrected chi connectivity index (χ4v) is 0.918. The van der Waals surface area contributed by atoms with E-state index in [-0.39, 0.29) is 0 Å². The molecule has 0 aromatic carbocycles. The smallest absolute Gasteiger partial charge is 0.415 e. The number of carbonyl (C=O) groups is 1. The Labute approximate surface area is 56.7 Å². The Balaban J connectivity index is 2.60. The molecule has 0 unspecified atom stereocenters. The fraction of sp³-hybridized carbons (Fsp3) is 0. The van der Waals surface area contributed by atoms with E-state index in [2.05, 4.69) is 0 Å². The summed E-state index contributed by atoms with van der Waals surface area (Å²) in [5.41, 5.74) is 0. The van der Waals surface area contributed by atoms with Crippen molar-refractivity contribution in [3.8, 4) is 0 Å². The third kappa shape index (κ3) is 1.50. The normalized spacial score (nSPS) is 16.2. The average molecular weight is 143 g/mol. The van der Waals surface area contributed by atoms with E-state index in [1.54, 1.807) is 10.8 Å². The Morgan fingerprint density at radius 3 is 2.33 bits per heavy atom. The molecule has 0 spiro atoms. The van der Waals surface area contributed by atoms with Crippen LogP contribution in [0.1, 0.15) is 0 Å². The molecule has 1 aliphatic heterocycles. The molecule has 0 saturated heterocycles. The van der Waals surface area contributed by atoms with Crippen LogP contribution in [0, 0.1) is 0 Å². The molecule has 0 aliphatic carbocycles. The van der Waals surface area contributed by atoms with Gasteiger partial charge in [-0.15, -0.1) is 11.8 Å². The molecule has 0 aromatic heterocycles. The first kappa shape index (κ1) is 6.22. The van der Waals surface area contributed by atoms with Crippen LogP contribution in [0.25, 0.3) is 0 Å². The lowest BCUT2D eigenvalue weighted by molar-refractivity contribution is 0.175. The lowest BCUT2D eigenvalue weighted by atomic mass is 10.7. The number of amides is 1. The SMILES string of the molecule is O=C(O)N1C=CSC=C1. The summed E-state index contributed by atoms with van der Waals surface area (Å²) < 4.78 is 0. The Kier molecular flexibility index (Phi) is 1.79. The van der Waals surface area contributed by atoms with Crippen molar-refractivity contribution in [3.05, 3.63) is 23.2 Å². The number of nitrogens with zero attached hydrogens (tertiary/aromatic N) is 1. The van der Waals surface area contributed by atoms with Crippen molar-refractivity contribution < 1.29 is 9.90 Å². The molecule has 0 bridgehead atoms. The summed E-state index contributed by atoms with van der Waals surface area (Å²) in [6.07, 6.45) is 2.03. The van der Waals surface area contributed by atoms with Crippen molar-refractivity contribution in [3.63, 3.8) is 0 Å². The molecular weight excluding hydrogens is 138 g/mol. The van der Waals surface area contributed by atoms with Crippen LogP contribution in [0.5, 0.6) is 0 Å². The van der Waals surface area contributed by atoms with E-state index in [0.717, 1.165) is 4.90 Å². The highest BCUT2D eigenvalue weighted by Gasteiger charge is 2.04. The largest absolute Gasteiger partial charge is 0.464 e. The van der Waals surface area contributed by atoms with Crippen LogP contribution in [0.2, 0.25) is 0 Å². The first-order chi connectivity index (χ1) is 4.30. The molecule has 1 rings (SSSR count). The van der Waals surface area contributed by atoms with Gasteiger partial charge in [0, 0.05) is 12.4 Å². The summed E-state index contributed by atoms with van der Waals surface area (Å²) >= 11 is 1.45. The molecule has 1 aliphatic rings. The minimum atomic E-state index is -0.956. The lowest BCUT2D eigenvalue weighted by Crippen LogP contribution is -2.17. The first-order valence-corrected chi connectivity index (χ1v) is 3.25. The van der Waals surface area contributed by atoms with Gasteiger partial charge in [-0.25, -0.2) is 4.79 Å². The average Bonchev–Trinajstić information content (AvgIpc) is 1.90. The Hall–Kier alpha value is -0.900. The van der Waals surface area contributed by atoms with E-state index < -0.39 is 6.09 Å². The third-order valence-electron chi connectivity index (χ3n) is 0.821. The molecule has 4 heteroatoms. The highest BCUT2D eigenvalue weighted by Crippen LogP contribution is 2.11. The summed E-state index contributed by atoms with van der Waals surface area (Å²) in [7, 11) is 0. The molecule has 0 aromatic rings. The zero-order chi connectivity index (χ0) is 6.69. The quantitative estimate of drug-likeness (QED) is 0.560. The highest BCUT2D eigenvalue weighted by molar-refractivity contribution is 8.04. The maximum atomic E-state index is 10.2. The summed E-state index contributed by atoms with van der Waals surface area (Å²) in [4.78, 5) is 11.3. The number of hydrogen-bond acceptors (Lipinski definition) is 2. The van der Waals surface area contributed by atoms with Crippen LogP contribution >= 0.6 is 11.8 Å². The molecule has 0 radical (unpaired) electrons. The Morgan fingerprint density at radius 1 is 1.44 bits per heavy atom. The van der Waals surface area contributed by atoms with Crippen molar-refractivity contribution in [2.45, 2.75) is 0 Å². The van der Waals surface area contributed by atoms with Gasteiger partial charge in [-0.2, -0.15) is 0 Å². The summed E-state index contributed by atoms with van der Waals surface area (Å²) in [6.45, 7) is 0. The van der Waals surface area contributed by atoms with E-state index in [4.69, 9.17) is 5.11 Å². The second kappa shape index (κ2) is 2.59. The number of carboxylic acid groups (broad SMARTS) is 1. The molecule has 0 atom stereocenters. The summed E-state index contributed by atoms with van der Waals surface area (Å²) in [5.74, 6) is 0. The Morgan fingerprint density at radius 2 is 2.00 bits per heavy atom. The standard InChI is InChI=1S/C5H5NO2S/c7-5(8)6-1-3-9-4-2-6/h1-4H,(H,7,8). The van der Waals surface area contributed by atoms with E-state index in [1.807, 2.05) is 0 Å². The number of rotatable bonds is 0. The van der Waals surface area contributed by atoms with Gasteiger partial charge >= 0.3 is 6.09 Å². The van der Waals surface area contributed by atoms with Gasteiger partial charge in [0.1, 0.15) is 0 Å². The number of thioether (sulfide) groups is 1. The van der Waals surface area contributed by atoms with E-state index in [0.29, 0.717) is 0 Å². The minimum absolute atomic E-state index is 0.956. The number of hydrogen-bond donors (Lipinski definition) is 1. The van der Waals surface area contributed by atoms with Gasteiger partial charge in [-0.3, -0.25) is 4.90 Å². The van der Waals surface area contributed by atoms with E-state index in [1.165, 1.54) is 24.2 Å². The van der Waals surface area contributed by atoms with Crippen molar-refractivity contribution in [1.29, 1.82) is 0 Å². The Bertz CT molecular complexity index is 164. The van der Waals surface area contributed by atoms with Crippen molar-refractivity contribution >= 4 is 17.9 Å². The predicted octanol–water partition coefficient (Wildman–Crippen LogP) is 1.66. The van der Waals surface area contributed by atoms with Crippen molar-refractivity contribution in [1.82, 2.24) is 4.90 Å². The summed E-state index contributed by atoms with van der Waals surface area (Å²) in [5, 5.41) is 11.8. The van der Waals surface area contributed by atoms with Gasteiger partial charge in [0.05, 0.1) is 0 Å². The topological polar surface area (TPSA) is 40.5 Å². The summed E-state index contributed by atoms with van der Waals surface area (Å²) in [6, 6.07) is 0. The van der Waals surface area contributed by atoms with E-state index >= 15 is 0 Å². The second-order valence-corrected chi connectivity index (χ2v) is 2.21. The predicted molar refractivity (Wildman–Crippen MR) is 35.7 cm³/mol. The van der Waals surface area contributed by atoms with Gasteiger partial charge in [0.25, 0.3) is 0 Å². The monoisotopic (exact) mass is 143 g/mol. The molecule has 1 amide bonds. The zero-order valence-corrected chi connectivity index (χ0v) is 5.34. The van der Waals surface area contributed by atoms with Crippen molar-refractivity contribution in [2.24, 2.45) is 0 Å². The third-order valence-corrected chi connectivity index (χ3v) is 1.38. The van der Waals surface area contributed by atoms with Gasteiger partial charge < -0.3 is 5.11 Å². The lowest BCUT2D eigenvalue weighted by Gasteiger charge is -2.09. The zero-order valence-electron chi connectivity index (χ0n) is 4.52. The van der Waals surface area contributed by atoms with Crippen LogP contribution in [0.3, 0.4) is 0 Å². The van der Waals surface area contributed by atoms with Gasteiger partial charge in [-0.05, 0) is 10.8 Å². The highest BCUT2D eigenvalue weighted by atomic mass is 32.2. The molecule has 0 saturated carbocycles. The van der Waals surface area contributed by atoms with Gasteiger partial charge in [-0.1, -0.05) is 0 Å². The molecule has 48 valence electrons. The second-order valence-electron chi connectivity index (χ2n) is 1.40. The maximum Gasteiger partial charge on any atom is 0.415 e. The minimum Gasteiger partial charge on any atom is -0.464 e. The van der Waals surface area contributed by atoms with Crippen LogP contribution in [0.4, 0.5) is 4.79 Å². The maximum absolute atomic E-state index is 10.2. The van der Waals surface area contributed by atoms with Crippen LogP contribution in [0.15, 0.2) is 23.2 Å². The van der Waals surface area contributed by atoms with Gasteiger partial charge in [0.2, 0.25) is 0 Å². The molecule has 1 heterocycles. The van der Waals surface area contributed by atoms with Crippen molar-refractivity contribution in [2.75, 3.05) is 0 Å². The fourth-order valence-electron chi connectivity index (χ4n) is 0.424. The first-order valence-electron chi connectivity index (χ1n) is 2.31. The molecule has 3 nitrogen and oxygen atoms in total. The molecule has 9 heavy (non-hydrogen) atoms. The van der Waals surface area contributed by atoms with Crippen LogP contribution in [-0.2, 0) is 0 Å².